The number of carbonyl (C=O) groups excluding carboxylic acids is 2. The Bertz CT molecular complexity index is 1350. The molecule has 3 aromatic rings. The minimum Gasteiger partial charge on any atom is -0.354 e. The van der Waals surface area contributed by atoms with Crippen LogP contribution in [0.25, 0.3) is 11.3 Å². The van der Waals surface area contributed by atoms with Crippen LogP contribution in [0.15, 0.2) is 72.8 Å². The van der Waals surface area contributed by atoms with Crippen molar-refractivity contribution < 1.29 is 9.59 Å². The van der Waals surface area contributed by atoms with Crippen LogP contribution in [0.2, 0.25) is 0 Å². The van der Waals surface area contributed by atoms with Gasteiger partial charge in [-0.2, -0.15) is 5.26 Å². The first kappa shape index (κ1) is 25.7. The van der Waals surface area contributed by atoms with E-state index in [2.05, 4.69) is 21.6 Å². The molecule has 7 nitrogen and oxygen atoms in total. The molecule has 188 valence electrons. The van der Waals surface area contributed by atoms with E-state index in [9.17, 15) is 14.9 Å². The predicted octanol–water partition coefficient (Wildman–Crippen LogP) is 4.44. The first-order valence-electron chi connectivity index (χ1n) is 12.3. The molecule has 7 heteroatoms. The normalized spacial score (nSPS) is 13.5. The van der Waals surface area contributed by atoms with Crippen LogP contribution in [-0.4, -0.2) is 55.8 Å². The summed E-state index contributed by atoms with van der Waals surface area (Å²) in [7, 11) is 5.90. The highest BCUT2D eigenvalue weighted by Gasteiger charge is 2.28. The van der Waals surface area contributed by atoms with Crippen LogP contribution in [0.3, 0.4) is 0 Å². The van der Waals surface area contributed by atoms with Crippen molar-refractivity contribution in [3.05, 3.63) is 95.1 Å². The Morgan fingerprint density at radius 1 is 0.973 bits per heavy atom. The maximum absolute atomic E-state index is 13.1. The lowest BCUT2D eigenvalue weighted by molar-refractivity contribution is -0.129. The lowest BCUT2D eigenvalue weighted by atomic mass is 9.99. The number of fused-ring (bicyclic) bond motifs is 1. The van der Waals surface area contributed by atoms with E-state index in [0.29, 0.717) is 28.9 Å². The summed E-state index contributed by atoms with van der Waals surface area (Å²) in [5, 5.41) is 15.6. The number of hydrogen-bond acceptors (Lipinski definition) is 5. The second-order valence-electron chi connectivity index (χ2n) is 9.41. The van der Waals surface area contributed by atoms with E-state index in [1.54, 1.807) is 23.1 Å². The molecule has 1 aliphatic rings. The van der Waals surface area contributed by atoms with Crippen molar-refractivity contribution in [2.75, 3.05) is 44.9 Å². The molecular formula is C30H31N5O2. The number of rotatable bonds is 9. The molecule has 37 heavy (non-hydrogen) atoms. The largest absolute Gasteiger partial charge is 0.354 e. The number of hydrogen-bond donors (Lipinski definition) is 2. The fourth-order valence-electron chi connectivity index (χ4n) is 4.28. The second kappa shape index (κ2) is 11.5. The number of benzene rings is 3. The van der Waals surface area contributed by atoms with Crippen molar-refractivity contribution in [2.45, 2.75) is 12.8 Å². The highest BCUT2D eigenvalue weighted by Crippen LogP contribution is 2.38. The quantitative estimate of drug-likeness (QED) is 0.430. The van der Waals surface area contributed by atoms with Gasteiger partial charge < -0.3 is 20.4 Å². The number of amides is 2. The average Bonchev–Trinajstić information content (AvgIpc) is 3.22. The lowest BCUT2D eigenvalue weighted by Crippen LogP contribution is -2.30. The molecule has 0 fully saturated rings. The van der Waals surface area contributed by atoms with Crippen molar-refractivity contribution in [2.24, 2.45) is 0 Å². The van der Waals surface area contributed by atoms with E-state index < -0.39 is 0 Å². The average molecular weight is 494 g/mol. The van der Waals surface area contributed by atoms with Crippen LogP contribution in [0, 0.1) is 11.3 Å². The molecule has 0 radical (unpaired) electrons. The van der Waals surface area contributed by atoms with Gasteiger partial charge in [0.1, 0.15) is 0 Å². The van der Waals surface area contributed by atoms with Gasteiger partial charge in [0.25, 0.3) is 5.91 Å². The maximum atomic E-state index is 13.1. The number of nitriles is 1. The number of likely N-dealkylation sites (N-methyl/N-ethyl adjacent to an activating group) is 1. The van der Waals surface area contributed by atoms with Crippen LogP contribution in [0.1, 0.15) is 28.7 Å². The van der Waals surface area contributed by atoms with Gasteiger partial charge in [-0.05, 0) is 62.5 Å². The highest BCUT2D eigenvalue weighted by atomic mass is 16.2. The monoisotopic (exact) mass is 493 g/mol. The zero-order chi connectivity index (χ0) is 26.4. The fourth-order valence-corrected chi connectivity index (χ4v) is 4.28. The standard InChI is InChI=1S/C30H31N5O2/c1-34(2)16-7-17-35(3)27(36)19-21-10-13-24(14-11-21)32-29(23-8-5-4-6-9-23)28-25-15-12-22(20-31)18-26(25)33-30(28)37/h4-6,8-15,18,32H,7,16-17,19H2,1-3H3,(H,33,37)/b29-28-. The van der Waals surface area contributed by atoms with Gasteiger partial charge in [-0.25, -0.2) is 0 Å². The molecule has 0 aromatic heterocycles. The van der Waals surface area contributed by atoms with Gasteiger partial charge in [0, 0.05) is 24.8 Å². The van der Waals surface area contributed by atoms with Gasteiger partial charge in [0.2, 0.25) is 5.91 Å². The van der Waals surface area contributed by atoms with Crippen molar-refractivity contribution in [1.82, 2.24) is 9.80 Å². The Kier molecular flexibility index (Phi) is 8.02. The number of nitrogens with one attached hydrogen (secondary N) is 2. The molecule has 0 bridgehead atoms. The van der Waals surface area contributed by atoms with Gasteiger partial charge in [-0.15, -0.1) is 0 Å². The maximum Gasteiger partial charge on any atom is 0.258 e. The van der Waals surface area contributed by atoms with Crippen LogP contribution in [-0.2, 0) is 16.0 Å². The van der Waals surface area contributed by atoms with Crippen molar-refractivity contribution in [1.29, 1.82) is 5.26 Å². The molecule has 4 rings (SSSR count). The molecule has 0 atom stereocenters. The summed E-state index contributed by atoms with van der Waals surface area (Å²) in [5.74, 6) is -0.140. The van der Waals surface area contributed by atoms with E-state index in [-0.39, 0.29) is 11.8 Å². The van der Waals surface area contributed by atoms with E-state index in [1.807, 2.05) is 75.7 Å². The fraction of sp³-hybridized carbons (Fsp3) is 0.233. The smallest absolute Gasteiger partial charge is 0.258 e. The number of anilines is 2. The summed E-state index contributed by atoms with van der Waals surface area (Å²) >= 11 is 0. The Hall–Kier alpha value is -4.41. The van der Waals surface area contributed by atoms with Crippen LogP contribution in [0.4, 0.5) is 11.4 Å². The Morgan fingerprint density at radius 2 is 1.70 bits per heavy atom. The molecular weight excluding hydrogens is 462 g/mol. The summed E-state index contributed by atoms with van der Waals surface area (Å²) < 4.78 is 0. The van der Waals surface area contributed by atoms with Gasteiger partial charge >= 0.3 is 0 Å². The summed E-state index contributed by atoms with van der Waals surface area (Å²) in [5.41, 5.74) is 5.64. The summed E-state index contributed by atoms with van der Waals surface area (Å²) in [6.07, 6.45) is 1.27. The van der Waals surface area contributed by atoms with Crippen LogP contribution in [0.5, 0.6) is 0 Å². The van der Waals surface area contributed by atoms with Gasteiger partial charge in [0.15, 0.2) is 0 Å². The molecule has 0 saturated carbocycles. The first-order chi connectivity index (χ1) is 17.9. The van der Waals surface area contributed by atoms with E-state index in [4.69, 9.17) is 0 Å². The van der Waals surface area contributed by atoms with Crippen molar-refractivity contribution in [3.8, 4) is 6.07 Å². The third-order valence-electron chi connectivity index (χ3n) is 6.31. The highest BCUT2D eigenvalue weighted by molar-refractivity contribution is 6.37. The molecule has 1 aliphatic heterocycles. The topological polar surface area (TPSA) is 88.5 Å². The summed E-state index contributed by atoms with van der Waals surface area (Å²) in [6.45, 7) is 1.67. The van der Waals surface area contributed by atoms with Crippen molar-refractivity contribution >= 4 is 34.5 Å². The third-order valence-corrected chi connectivity index (χ3v) is 6.31. The minimum atomic E-state index is -0.226. The first-order valence-corrected chi connectivity index (χ1v) is 12.3. The third kappa shape index (κ3) is 6.24. The SMILES string of the molecule is CN(C)CCCN(C)C(=O)Cc1ccc(N/C(=C2\C(=O)Nc3cc(C#N)ccc32)c2ccccc2)cc1. The van der Waals surface area contributed by atoms with Gasteiger partial charge in [-0.1, -0.05) is 48.5 Å². The molecule has 3 aromatic carbocycles. The molecule has 0 spiro atoms. The number of nitrogens with zero attached hydrogens (tertiary/aromatic N) is 3. The van der Waals surface area contributed by atoms with Gasteiger partial charge in [-0.3, -0.25) is 9.59 Å². The van der Waals surface area contributed by atoms with Crippen molar-refractivity contribution in [3.63, 3.8) is 0 Å². The zero-order valence-corrected chi connectivity index (χ0v) is 21.4. The molecule has 2 amide bonds. The zero-order valence-electron chi connectivity index (χ0n) is 21.4. The summed E-state index contributed by atoms with van der Waals surface area (Å²) in [4.78, 5) is 29.6. The molecule has 0 aliphatic carbocycles. The van der Waals surface area contributed by atoms with E-state index in [0.717, 1.165) is 41.9 Å². The lowest BCUT2D eigenvalue weighted by Gasteiger charge is -2.19. The molecule has 1 heterocycles. The predicted molar refractivity (Wildman–Crippen MR) is 148 cm³/mol. The second-order valence-corrected chi connectivity index (χ2v) is 9.41. The minimum absolute atomic E-state index is 0.0857. The molecule has 0 saturated heterocycles. The number of carbonyl (C=O) groups is 2. The van der Waals surface area contributed by atoms with Gasteiger partial charge in [0.05, 0.1) is 35.0 Å². The van der Waals surface area contributed by atoms with E-state index >= 15 is 0 Å². The summed E-state index contributed by atoms with van der Waals surface area (Å²) in [6, 6.07) is 24.7. The molecule has 2 N–H and O–H groups in total. The molecule has 0 unspecified atom stereocenters. The Morgan fingerprint density at radius 3 is 2.38 bits per heavy atom. The Balaban J connectivity index is 1.56. The Labute approximate surface area is 218 Å². The van der Waals surface area contributed by atoms with Crippen LogP contribution >= 0.6 is 0 Å². The van der Waals surface area contributed by atoms with Crippen LogP contribution < -0.4 is 10.6 Å². The van der Waals surface area contributed by atoms with E-state index in [1.165, 1.54) is 0 Å².